The molecule has 1 unspecified atom stereocenters. The van der Waals surface area contributed by atoms with E-state index in [0.29, 0.717) is 25.2 Å². The summed E-state index contributed by atoms with van der Waals surface area (Å²) in [4.78, 5) is 16.7. The molecule has 0 saturated carbocycles. The molecule has 5 nitrogen and oxygen atoms in total. The van der Waals surface area contributed by atoms with E-state index in [0.717, 1.165) is 23.3 Å². The summed E-state index contributed by atoms with van der Waals surface area (Å²) in [5, 5.41) is 10.2. The number of carbonyl (C=O) groups is 1. The highest BCUT2D eigenvalue weighted by Gasteiger charge is 2.24. The van der Waals surface area contributed by atoms with Gasteiger partial charge in [0.1, 0.15) is 18.5 Å². The van der Waals surface area contributed by atoms with Crippen LogP contribution in [0, 0.1) is 0 Å². The van der Waals surface area contributed by atoms with Gasteiger partial charge in [0, 0.05) is 37.2 Å². The van der Waals surface area contributed by atoms with Crippen LogP contribution in [0.1, 0.15) is 10.4 Å². The van der Waals surface area contributed by atoms with Crippen molar-refractivity contribution in [2.24, 2.45) is 0 Å². The Morgan fingerprint density at radius 3 is 2.33 bits per heavy atom. The van der Waals surface area contributed by atoms with Crippen LogP contribution in [0.4, 0.5) is 0 Å². The number of hydrogen-bond acceptors (Lipinski definition) is 4. The van der Waals surface area contributed by atoms with Gasteiger partial charge in [-0.3, -0.25) is 9.69 Å². The molecule has 2 aromatic rings. The van der Waals surface area contributed by atoms with Gasteiger partial charge in [0.15, 0.2) is 0 Å². The maximum absolute atomic E-state index is 12.6. The van der Waals surface area contributed by atoms with Gasteiger partial charge in [-0.1, -0.05) is 30.3 Å². The predicted octanol–water partition coefficient (Wildman–Crippen LogP) is 3.07. The van der Waals surface area contributed by atoms with E-state index in [2.05, 4.69) is 20.8 Å². The van der Waals surface area contributed by atoms with Gasteiger partial charge in [-0.15, -0.1) is 12.4 Å². The van der Waals surface area contributed by atoms with Crippen LogP contribution in [0.25, 0.3) is 0 Å². The molecule has 27 heavy (non-hydrogen) atoms. The van der Waals surface area contributed by atoms with Gasteiger partial charge >= 0.3 is 0 Å². The molecule has 1 amide bonds. The minimum atomic E-state index is -0.555. The standard InChI is InChI=1S/C20H23BrN2O3.ClH/c21-19-9-5-4-8-18(19)20(25)23-12-10-22(11-13-23)14-16(24)15-26-17-6-2-1-3-7-17;/h1-9,16,24H,10-15H2;1H. The van der Waals surface area contributed by atoms with Gasteiger partial charge < -0.3 is 14.7 Å². The Balaban J connectivity index is 0.00000261. The molecule has 0 aliphatic carbocycles. The average Bonchev–Trinajstić information content (AvgIpc) is 2.68. The molecule has 0 radical (unpaired) electrons. The lowest BCUT2D eigenvalue weighted by molar-refractivity contribution is 0.0403. The van der Waals surface area contributed by atoms with Gasteiger partial charge in [-0.05, 0) is 40.2 Å². The Bertz CT molecular complexity index is 724. The van der Waals surface area contributed by atoms with Crippen LogP contribution < -0.4 is 4.74 Å². The maximum Gasteiger partial charge on any atom is 0.255 e. The molecule has 1 heterocycles. The second kappa shape index (κ2) is 10.7. The topological polar surface area (TPSA) is 53.0 Å². The summed E-state index contributed by atoms with van der Waals surface area (Å²) >= 11 is 3.44. The molecule has 2 aromatic carbocycles. The summed E-state index contributed by atoms with van der Waals surface area (Å²) in [7, 11) is 0. The summed E-state index contributed by atoms with van der Waals surface area (Å²) in [6, 6.07) is 17.0. The molecular formula is C20H24BrClN2O3. The summed E-state index contributed by atoms with van der Waals surface area (Å²) in [6.45, 7) is 3.63. The normalized spacial score (nSPS) is 15.7. The van der Waals surface area contributed by atoms with Crippen molar-refractivity contribution >= 4 is 34.2 Å². The summed E-state index contributed by atoms with van der Waals surface area (Å²) in [5.74, 6) is 0.806. The number of carbonyl (C=O) groups excluding carboxylic acids is 1. The lowest BCUT2D eigenvalue weighted by Crippen LogP contribution is -2.51. The minimum Gasteiger partial charge on any atom is -0.491 e. The quantitative estimate of drug-likeness (QED) is 0.727. The molecule has 1 N–H and O–H groups in total. The molecule has 0 aromatic heterocycles. The van der Waals surface area contributed by atoms with E-state index < -0.39 is 6.10 Å². The highest BCUT2D eigenvalue weighted by molar-refractivity contribution is 9.10. The Kier molecular flexibility index (Phi) is 8.57. The highest BCUT2D eigenvalue weighted by atomic mass is 79.9. The molecule has 1 atom stereocenters. The number of β-amino-alcohol motifs (C(OH)–C–C–N with tert-alkyl or cyclic N) is 1. The van der Waals surface area contributed by atoms with E-state index >= 15 is 0 Å². The van der Waals surface area contributed by atoms with Crippen molar-refractivity contribution in [2.45, 2.75) is 6.10 Å². The first-order valence-corrected chi connectivity index (χ1v) is 9.55. The second-order valence-electron chi connectivity index (χ2n) is 6.35. The zero-order chi connectivity index (χ0) is 18.4. The summed E-state index contributed by atoms with van der Waals surface area (Å²) < 4.78 is 6.41. The van der Waals surface area contributed by atoms with Crippen LogP contribution in [-0.2, 0) is 0 Å². The third kappa shape index (κ3) is 6.21. The van der Waals surface area contributed by atoms with E-state index in [4.69, 9.17) is 4.74 Å². The first-order valence-electron chi connectivity index (χ1n) is 8.75. The van der Waals surface area contributed by atoms with Gasteiger partial charge in [-0.25, -0.2) is 0 Å². The Hall–Kier alpha value is -1.60. The number of aliphatic hydroxyl groups is 1. The lowest BCUT2D eigenvalue weighted by atomic mass is 10.2. The van der Waals surface area contributed by atoms with Crippen molar-refractivity contribution in [2.75, 3.05) is 39.3 Å². The Morgan fingerprint density at radius 1 is 1.04 bits per heavy atom. The Labute approximate surface area is 174 Å². The van der Waals surface area contributed by atoms with E-state index in [1.807, 2.05) is 59.5 Å². The van der Waals surface area contributed by atoms with Crippen LogP contribution >= 0.6 is 28.3 Å². The highest BCUT2D eigenvalue weighted by Crippen LogP contribution is 2.19. The molecule has 3 rings (SSSR count). The first-order chi connectivity index (χ1) is 12.6. The number of piperazine rings is 1. The second-order valence-corrected chi connectivity index (χ2v) is 7.20. The van der Waals surface area contributed by atoms with Crippen LogP contribution in [0.2, 0.25) is 0 Å². The van der Waals surface area contributed by atoms with Crippen LogP contribution in [0.5, 0.6) is 5.75 Å². The fourth-order valence-electron chi connectivity index (χ4n) is 3.00. The van der Waals surface area contributed by atoms with Crippen LogP contribution in [-0.4, -0.2) is 66.2 Å². The third-order valence-electron chi connectivity index (χ3n) is 4.42. The number of halogens is 2. The molecule has 0 spiro atoms. The van der Waals surface area contributed by atoms with Crippen molar-refractivity contribution in [1.82, 2.24) is 9.80 Å². The van der Waals surface area contributed by atoms with Crippen molar-refractivity contribution in [3.8, 4) is 5.75 Å². The first kappa shape index (κ1) is 21.7. The SMILES string of the molecule is Cl.O=C(c1ccccc1Br)N1CCN(CC(O)COc2ccccc2)CC1. The average molecular weight is 456 g/mol. The number of amides is 1. The number of nitrogens with zero attached hydrogens (tertiary/aromatic N) is 2. The number of benzene rings is 2. The van der Waals surface area contributed by atoms with Crippen molar-refractivity contribution in [1.29, 1.82) is 0 Å². The minimum absolute atomic E-state index is 0. The van der Waals surface area contributed by atoms with E-state index in [9.17, 15) is 9.90 Å². The summed E-state index contributed by atoms with van der Waals surface area (Å²) in [6.07, 6.45) is -0.555. The van der Waals surface area contributed by atoms with Crippen molar-refractivity contribution in [3.05, 3.63) is 64.6 Å². The van der Waals surface area contributed by atoms with Gasteiger partial charge in [0.05, 0.1) is 5.56 Å². The zero-order valence-corrected chi connectivity index (χ0v) is 17.4. The third-order valence-corrected chi connectivity index (χ3v) is 5.11. The molecular weight excluding hydrogens is 432 g/mol. The monoisotopic (exact) mass is 454 g/mol. The number of rotatable bonds is 6. The fourth-order valence-corrected chi connectivity index (χ4v) is 3.45. The number of hydrogen-bond donors (Lipinski definition) is 1. The van der Waals surface area contributed by atoms with Crippen LogP contribution in [0.3, 0.4) is 0 Å². The lowest BCUT2D eigenvalue weighted by Gasteiger charge is -2.35. The molecule has 146 valence electrons. The molecule has 1 saturated heterocycles. The Morgan fingerprint density at radius 2 is 1.67 bits per heavy atom. The van der Waals surface area contributed by atoms with Gasteiger partial charge in [-0.2, -0.15) is 0 Å². The van der Waals surface area contributed by atoms with E-state index in [1.165, 1.54) is 0 Å². The van der Waals surface area contributed by atoms with Gasteiger partial charge in [0.25, 0.3) is 5.91 Å². The molecule has 1 fully saturated rings. The number of aliphatic hydroxyl groups excluding tert-OH is 1. The molecule has 1 aliphatic rings. The smallest absolute Gasteiger partial charge is 0.255 e. The fraction of sp³-hybridized carbons (Fsp3) is 0.350. The van der Waals surface area contributed by atoms with Gasteiger partial charge in [0.2, 0.25) is 0 Å². The molecule has 0 bridgehead atoms. The number of para-hydroxylation sites is 1. The number of ether oxygens (including phenoxy) is 1. The maximum atomic E-state index is 12.6. The van der Waals surface area contributed by atoms with Crippen molar-refractivity contribution < 1.29 is 14.6 Å². The predicted molar refractivity (Wildman–Crippen MR) is 112 cm³/mol. The summed E-state index contributed by atoms with van der Waals surface area (Å²) in [5.41, 5.74) is 0.692. The van der Waals surface area contributed by atoms with E-state index in [-0.39, 0.29) is 24.9 Å². The van der Waals surface area contributed by atoms with Crippen LogP contribution in [0.15, 0.2) is 59.1 Å². The van der Waals surface area contributed by atoms with E-state index in [1.54, 1.807) is 0 Å². The van der Waals surface area contributed by atoms with Crippen molar-refractivity contribution in [3.63, 3.8) is 0 Å². The largest absolute Gasteiger partial charge is 0.491 e. The molecule has 1 aliphatic heterocycles. The molecule has 7 heteroatoms. The zero-order valence-electron chi connectivity index (χ0n) is 15.0.